The molecule has 0 aliphatic carbocycles. The fraction of sp³-hybridized carbons (Fsp3) is 1.00. The van der Waals surface area contributed by atoms with Crippen LogP contribution in [0.25, 0.3) is 0 Å². The topological polar surface area (TPSA) is 21.3 Å². The minimum absolute atomic E-state index is 0.608. The first-order valence-corrected chi connectivity index (χ1v) is 5.48. The molecule has 0 fully saturated rings. The molecule has 0 amide bonds. The Morgan fingerprint density at radius 1 is 1.55 bits per heavy atom. The summed E-state index contributed by atoms with van der Waals surface area (Å²) in [7, 11) is 2.01. The molecule has 0 bridgehead atoms. The molecule has 0 rings (SSSR count). The van der Waals surface area contributed by atoms with Crippen LogP contribution in [-0.2, 0) is 4.74 Å². The van der Waals surface area contributed by atoms with E-state index in [-0.39, 0.29) is 0 Å². The monoisotopic (exact) mass is 177 g/mol. The van der Waals surface area contributed by atoms with Crippen LogP contribution in [0, 0.1) is 0 Å². The summed E-state index contributed by atoms with van der Waals surface area (Å²) in [5.74, 6) is 1.17. The molecule has 1 unspecified atom stereocenters. The number of ether oxygens (including phenoxy) is 1. The van der Waals surface area contributed by atoms with Crippen molar-refractivity contribution in [3.8, 4) is 0 Å². The standard InChI is InChI=1S/C8H19NOS/c1-4-10-6-5-8(9-2)7-11-3/h8-9H,4-7H2,1-3H3. The van der Waals surface area contributed by atoms with Gasteiger partial charge in [0.25, 0.3) is 0 Å². The third-order valence-electron chi connectivity index (χ3n) is 1.59. The van der Waals surface area contributed by atoms with Crippen LogP contribution in [0.5, 0.6) is 0 Å². The van der Waals surface area contributed by atoms with Crippen molar-refractivity contribution in [2.24, 2.45) is 0 Å². The van der Waals surface area contributed by atoms with Crippen molar-refractivity contribution >= 4 is 11.8 Å². The van der Waals surface area contributed by atoms with Crippen molar-refractivity contribution in [1.29, 1.82) is 0 Å². The summed E-state index contributed by atoms with van der Waals surface area (Å²) in [4.78, 5) is 0. The second-order valence-corrected chi connectivity index (χ2v) is 3.34. The first-order valence-electron chi connectivity index (χ1n) is 4.09. The van der Waals surface area contributed by atoms with Gasteiger partial charge in [0.2, 0.25) is 0 Å². The molecule has 0 radical (unpaired) electrons. The molecule has 68 valence electrons. The zero-order valence-electron chi connectivity index (χ0n) is 7.72. The molecule has 0 saturated heterocycles. The van der Waals surface area contributed by atoms with Crippen LogP contribution in [-0.4, -0.2) is 38.3 Å². The summed E-state index contributed by atoms with van der Waals surface area (Å²) < 4.78 is 5.26. The molecule has 1 N–H and O–H groups in total. The van der Waals surface area contributed by atoms with E-state index in [2.05, 4.69) is 11.6 Å². The molecule has 0 spiro atoms. The molecule has 2 nitrogen and oxygen atoms in total. The highest BCUT2D eigenvalue weighted by molar-refractivity contribution is 7.98. The summed E-state index contributed by atoms with van der Waals surface area (Å²) in [5, 5.41) is 3.26. The maximum atomic E-state index is 5.26. The minimum atomic E-state index is 0.608. The molecule has 11 heavy (non-hydrogen) atoms. The highest BCUT2D eigenvalue weighted by atomic mass is 32.2. The largest absolute Gasteiger partial charge is 0.382 e. The Labute approximate surface area is 74.1 Å². The zero-order valence-corrected chi connectivity index (χ0v) is 8.54. The van der Waals surface area contributed by atoms with Gasteiger partial charge < -0.3 is 10.1 Å². The van der Waals surface area contributed by atoms with Gasteiger partial charge in [-0.15, -0.1) is 0 Å². The highest BCUT2D eigenvalue weighted by Gasteiger charge is 2.03. The number of thioether (sulfide) groups is 1. The quantitative estimate of drug-likeness (QED) is 0.593. The van der Waals surface area contributed by atoms with Gasteiger partial charge in [-0.05, 0) is 26.6 Å². The molecule has 1 atom stereocenters. The summed E-state index contributed by atoms with van der Waals surface area (Å²) >= 11 is 1.87. The van der Waals surface area contributed by atoms with Crippen LogP contribution in [0.3, 0.4) is 0 Å². The third-order valence-corrected chi connectivity index (χ3v) is 2.33. The Bertz CT molecular complexity index is 80.5. The lowest BCUT2D eigenvalue weighted by molar-refractivity contribution is 0.139. The Morgan fingerprint density at radius 3 is 2.73 bits per heavy atom. The van der Waals surface area contributed by atoms with E-state index in [1.54, 1.807) is 0 Å². The molecule has 0 aromatic carbocycles. The average molecular weight is 177 g/mol. The fourth-order valence-electron chi connectivity index (χ4n) is 0.882. The molecule has 0 saturated carbocycles. The predicted molar refractivity (Wildman–Crippen MR) is 52.3 cm³/mol. The predicted octanol–water partition coefficient (Wildman–Crippen LogP) is 1.36. The highest BCUT2D eigenvalue weighted by Crippen LogP contribution is 2.00. The lowest BCUT2D eigenvalue weighted by atomic mass is 10.2. The molecular weight excluding hydrogens is 158 g/mol. The van der Waals surface area contributed by atoms with Crippen LogP contribution in [0.1, 0.15) is 13.3 Å². The van der Waals surface area contributed by atoms with Crippen molar-refractivity contribution in [2.45, 2.75) is 19.4 Å². The summed E-state index contributed by atoms with van der Waals surface area (Å²) in [6.45, 7) is 3.74. The molecule has 0 heterocycles. The van der Waals surface area contributed by atoms with Crippen LogP contribution in [0.4, 0.5) is 0 Å². The first kappa shape index (κ1) is 11.3. The SMILES string of the molecule is CCOCCC(CSC)NC. The van der Waals surface area contributed by atoms with Gasteiger partial charge in [0.15, 0.2) is 0 Å². The Morgan fingerprint density at radius 2 is 2.27 bits per heavy atom. The van der Waals surface area contributed by atoms with Crippen LogP contribution in [0.2, 0.25) is 0 Å². The number of hydrogen-bond acceptors (Lipinski definition) is 3. The van der Waals surface area contributed by atoms with E-state index in [1.807, 2.05) is 25.7 Å². The van der Waals surface area contributed by atoms with Crippen molar-refractivity contribution in [2.75, 3.05) is 32.3 Å². The van der Waals surface area contributed by atoms with E-state index < -0.39 is 0 Å². The van der Waals surface area contributed by atoms with Gasteiger partial charge in [-0.25, -0.2) is 0 Å². The van der Waals surface area contributed by atoms with E-state index >= 15 is 0 Å². The third kappa shape index (κ3) is 6.66. The van der Waals surface area contributed by atoms with E-state index in [0.29, 0.717) is 6.04 Å². The number of nitrogens with one attached hydrogen (secondary N) is 1. The number of rotatable bonds is 7. The van der Waals surface area contributed by atoms with Crippen molar-refractivity contribution in [1.82, 2.24) is 5.32 Å². The van der Waals surface area contributed by atoms with Gasteiger partial charge in [0.1, 0.15) is 0 Å². The van der Waals surface area contributed by atoms with Crippen LogP contribution >= 0.6 is 11.8 Å². The molecule has 0 aromatic rings. The Balaban J connectivity index is 3.20. The lowest BCUT2D eigenvalue weighted by Gasteiger charge is -2.13. The lowest BCUT2D eigenvalue weighted by Crippen LogP contribution is -2.29. The molecule has 0 aromatic heterocycles. The summed E-state index contributed by atoms with van der Waals surface area (Å²) in [6, 6.07) is 0.608. The van der Waals surface area contributed by atoms with Crippen molar-refractivity contribution < 1.29 is 4.74 Å². The Kier molecular flexibility index (Phi) is 8.57. The Hall–Kier alpha value is 0.270. The van der Waals surface area contributed by atoms with E-state index in [4.69, 9.17) is 4.74 Å². The van der Waals surface area contributed by atoms with E-state index in [1.165, 1.54) is 5.75 Å². The van der Waals surface area contributed by atoms with Gasteiger partial charge >= 0.3 is 0 Å². The fourth-order valence-corrected chi connectivity index (χ4v) is 1.62. The second-order valence-electron chi connectivity index (χ2n) is 2.43. The maximum absolute atomic E-state index is 5.26. The molecule has 0 aliphatic heterocycles. The van der Waals surface area contributed by atoms with Crippen molar-refractivity contribution in [3.63, 3.8) is 0 Å². The van der Waals surface area contributed by atoms with Crippen LogP contribution < -0.4 is 5.32 Å². The van der Waals surface area contributed by atoms with Gasteiger partial charge in [-0.3, -0.25) is 0 Å². The zero-order chi connectivity index (χ0) is 8.53. The molecule has 3 heteroatoms. The minimum Gasteiger partial charge on any atom is -0.382 e. The number of hydrogen-bond donors (Lipinski definition) is 1. The first-order chi connectivity index (χ1) is 5.35. The van der Waals surface area contributed by atoms with E-state index in [9.17, 15) is 0 Å². The smallest absolute Gasteiger partial charge is 0.0481 e. The second kappa shape index (κ2) is 8.37. The maximum Gasteiger partial charge on any atom is 0.0481 e. The summed E-state index contributed by atoms with van der Waals surface area (Å²) in [5.41, 5.74) is 0. The van der Waals surface area contributed by atoms with Crippen molar-refractivity contribution in [3.05, 3.63) is 0 Å². The van der Waals surface area contributed by atoms with Gasteiger partial charge in [-0.2, -0.15) is 11.8 Å². The average Bonchev–Trinajstić information content (AvgIpc) is 2.03. The van der Waals surface area contributed by atoms with Gasteiger partial charge in [0.05, 0.1) is 0 Å². The van der Waals surface area contributed by atoms with Gasteiger partial charge in [-0.1, -0.05) is 0 Å². The molecular formula is C8H19NOS. The van der Waals surface area contributed by atoms with Crippen LogP contribution in [0.15, 0.2) is 0 Å². The normalized spacial score (nSPS) is 13.4. The molecule has 0 aliphatic rings. The van der Waals surface area contributed by atoms with Gasteiger partial charge in [0, 0.05) is 25.0 Å². The summed E-state index contributed by atoms with van der Waals surface area (Å²) in [6.07, 6.45) is 3.25. The van der Waals surface area contributed by atoms with E-state index in [0.717, 1.165) is 19.6 Å².